The lowest BCUT2D eigenvalue weighted by Crippen LogP contribution is -2.00. The zero-order valence-corrected chi connectivity index (χ0v) is 18.3. The molecule has 0 spiro atoms. The summed E-state index contributed by atoms with van der Waals surface area (Å²) in [4.78, 5) is 4.59. The van der Waals surface area contributed by atoms with Gasteiger partial charge in [-0.1, -0.05) is 52.1 Å². The topological polar surface area (TPSA) is 56.7 Å². The van der Waals surface area contributed by atoms with Gasteiger partial charge in [0.2, 0.25) is 11.7 Å². The van der Waals surface area contributed by atoms with Gasteiger partial charge in [0.05, 0.1) is 16.4 Å². The largest absolute Gasteiger partial charge is 0.339 e. The van der Waals surface area contributed by atoms with Crippen molar-refractivity contribution in [2.45, 2.75) is 26.2 Å². The van der Waals surface area contributed by atoms with Crippen LogP contribution in [0.3, 0.4) is 0 Å². The van der Waals surface area contributed by atoms with Crippen molar-refractivity contribution in [1.29, 1.82) is 0 Å². The fourth-order valence-corrected chi connectivity index (χ4v) is 4.10. The molecular formula is C22H17Cl3N4O. The Hall–Kier alpha value is -2.34. The summed E-state index contributed by atoms with van der Waals surface area (Å²) < 4.78 is 7.26. The van der Waals surface area contributed by atoms with Crippen LogP contribution in [0.4, 0.5) is 0 Å². The average Bonchev–Trinajstić information content (AvgIpc) is 3.30. The van der Waals surface area contributed by atoms with Crippen LogP contribution in [0, 0.1) is 12.8 Å². The van der Waals surface area contributed by atoms with Crippen molar-refractivity contribution in [2.24, 2.45) is 5.92 Å². The number of aromatic nitrogens is 4. The van der Waals surface area contributed by atoms with Crippen LogP contribution in [-0.4, -0.2) is 19.9 Å². The standard InChI is InChI=1S/C22H17Cl3N4O/c1-12-20(22-26-19(30-28-22)10-13-2-3-13)27-29(18-9-8-16(24)11-17(18)25)21(12)14-4-6-15(23)7-5-14/h4-9,11,13H,2-3,10H2,1H3. The Kier molecular flexibility index (Phi) is 5.05. The number of halogens is 3. The van der Waals surface area contributed by atoms with Crippen molar-refractivity contribution in [3.63, 3.8) is 0 Å². The molecule has 0 bridgehead atoms. The first-order chi connectivity index (χ1) is 14.5. The molecule has 1 aliphatic carbocycles. The molecule has 5 rings (SSSR count). The third kappa shape index (κ3) is 3.73. The first-order valence-corrected chi connectivity index (χ1v) is 10.8. The van der Waals surface area contributed by atoms with Crippen LogP contribution in [0.15, 0.2) is 47.0 Å². The maximum absolute atomic E-state index is 6.51. The SMILES string of the molecule is Cc1c(-c2noc(CC3CC3)n2)nn(-c2ccc(Cl)cc2Cl)c1-c1ccc(Cl)cc1. The second-order valence-electron chi connectivity index (χ2n) is 7.50. The maximum Gasteiger partial charge on any atom is 0.227 e. The zero-order valence-electron chi connectivity index (χ0n) is 16.1. The summed E-state index contributed by atoms with van der Waals surface area (Å²) in [6.07, 6.45) is 3.27. The summed E-state index contributed by atoms with van der Waals surface area (Å²) in [5, 5.41) is 10.7. The van der Waals surface area contributed by atoms with Gasteiger partial charge in [0.1, 0.15) is 5.69 Å². The van der Waals surface area contributed by atoms with Crippen LogP contribution in [0.1, 0.15) is 24.3 Å². The second kappa shape index (κ2) is 7.73. The molecule has 0 unspecified atom stereocenters. The van der Waals surface area contributed by atoms with Crippen molar-refractivity contribution in [3.8, 4) is 28.5 Å². The fourth-order valence-electron chi connectivity index (χ4n) is 3.49. The van der Waals surface area contributed by atoms with Gasteiger partial charge in [-0.2, -0.15) is 10.1 Å². The Morgan fingerprint density at radius 3 is 2.47 bits per heavy atom. The van der Waals surface area contributed by atoms with Gasteiger partial charge in [0.15, 0.2) is 0 Å². The second-order valence-corrected chi connectivity index (χ2v) is 8.78. The average molecular weight is 460 g/mol. The minimum atomic E-state index is 0.474. The van der Waals surface area contributed by atoms with E-state index < -0.39 is 0 Å². The van der Waals surface area contributed by atoms with Gasteiger partial charge in [-0.3, -0.25) is 0 Å². The molecule has 152 valence electrons. The summed E-state index contributed by atoms with van der Waals surface area (Å²) in [5.41, 5.74) is 4.10. The molecule has 0 N–H and O–H groups in total. The van der Waals surface area contributed by atoms with Crippen molar-refractivity contribution < 1.29 is 4.52 Å². The highest BCUT2D eigenvalue weighted by Gasteiger charge is 2.27. The highest BCUT2D eigenvalue weighted by molar-refractivity contribution is 6.35. The summed E-state index contributed by atoms with van der Waals surface area (Å²) in [7, 11) is 0. The highest BCUT2D eigenvalue weighted by Crippen LogP contribution is 2.36. The fraction of sp³-hybridized carbons (Fsp3) is 0.227. The Labute approximate surface area is 188 Å². The van der Waals surface area contributed by atoms with E-state index in [1.807, 2.05) is 37.3 Å². The predicted octanol–water partition coefficient (Wildman–Crippen LogP) is 6.81. The lowest BCUT2D eigenvalue weighted by atomic mass is 10.1. The predicted molar refractivity (Wildman–Crippen MR) is 118 cm³/mol. The lowest BCUT2D eigenvalue weighted by Gasteiger charge is -2.11. The maximum atomic E-state index is 6.51. The first kappa shape index (κ1) is 19.6. The van der Waals surface area contributed by atoms with Gasteiger partial charge in [-0.05, 0) is 56.0 Å². The summed E-state index contributed by atoms with van der Waals surface area (Å²) in [6, 6.07) is 12.9. The first-order valence-electron chi connectivity index (χ1n) is 9.63. The van der Waals surface area contributed by atoms with Crippen molar-refractivity contribution >= 4 is 34.8 Å². The van der Waals surface area contributed by atoms with Crippen LogP contribution < -0.4 is 0 Å². The van der Waals surface area contributed by atoms with Crippen LogP contribution in [0.2, 0.25) is 15.1 Å². The molecule has 0 aliphatic heterocycles. The number of nitrogens with zero attached hydrogens (tertiary/aromatic N) is 4. The molecule has 0 amide bonds. The molecule has 2 heterocycles. The Morgan fingerprint density at radius 1 is 1.03 bits per heavy atom. The monoisotopic (exact) mass is 458 g/mol. The zero-order chi connectivity index (χ0) is 20.8. The molecule has 2 aromatic heterocycles. The minimum Gasteiger partial charge on any atom is -0.339 e. The molecule has 1 fully saturated rings. The molecule has 1 saturated carbocycles. The Bertz CT molecular complexity index is 1230. The molecule has 0 saturated heterocycles. The molecule has 5 nitrogen and oxygen atoms in total. The number of hydrogen-bond acceptors (Lipinski definition) is 4. The van der Waals surface area contributed by atoms with Gasteiger partial charge in [0.25, 0.3) is 0 Å². The Balaban J connectivity index is 1.67. The molecular weight excluding hydrogens is 443 g/mol. The third-order valence-corrected chi connectivity index (χ3v) is 6.01. The number of rotatable bonds is 5. The summed E-state index contributed by atoms with van der Waals surface area (Å²) >= 11 is 18.7. The molecule has 8 heteroatoms. The van der Waals surface area contributed by atoms with Gasteiger partial charge in [0, 0.05) is 27.6 Å². The third-order valence-electron chi connectivity index (χ3n) is 5.22. The van der Waals surface area contributed by atoms with Crippen LogP contribution >= 0.6 is 34.8 Å². The van der Waals surface area contributed by atoms with E-state index in [1.165, 1.54) is 12.8 Å². The molecule has 0 atom stereocenters. The van der Waals surface area contributed by atoms with Crippen molar-refractivity contribution in [2.75, 3.05) is 0 Å². The minimum absolute atomic E-state index is 0.474. The van der Waals surface area contributed by atoms with E-state index in [9.17, 15) is 0 Å². The van der Waals surface area contributed by atoms with E-state index >= 15 is 0 Å². The molecule has 30 heavy (non-hydrogen) atoms. The van der Waals surface area contributed by atoms with Crippen molar-refractivity contribution in [1.82, 2.24) is 19.9 Å². The van der Waals surface area contributed by atoms with Crippen LogP contribution in [-0.2, 0) is 6.42 Å². The smallest absolute Gasteiger partial charge is 0.227 e. The van der Waals surface area contributed by atoms with E-state index in [0.29, 0.717) is 44.1 Å². The van der Waals surface area contributed by atoms with Crippen LogP contribution in [0.5, 0.6) is 0 Å². The highest BCUT2D eigenvalue weighted by atomic mass is 35.5. The summed E-state index contributed by atoms with van der Waals surface area (Å²) in [6.45, 7) is 1.99. The van der Waals surface area contributed by atoms with E-state index in [1.54, 1.807) is 16.8 Å². The van der Waals surface area contributed by atoms with Gasteiger partial charge in [-0.25, -0.2) is 4.68 Å². The van der Waals surface area contributed by atoms with Gasteiger partial charge >= 0.3 is 0 Å². The molecule has 0 radical (unpaired) electrons. The number of benzene rings is 2. The van der Waals surface area contributed by atoms with Crippen LogP contribution in [0.25, 0.3) is 28.5 Å². The normalized spacial score (nSPS) is 13.7. The van der Waals surface area contributed by atoms with Crippen molar-refractivity contribution in [3.05, 3.63) is 69.0 Å². The van der Waals surface area contributed by atoms with E-state index in [-0.39, 0.29) is 0 Å². The molecule has 2 aromatic carbocycles. The van der Waals surface area contributed by atoms with E-state index in [2.05, 4.69) is 10.1 Å². The lowest BCUT2D eigenvalue weighted by molar-refractivity contribution is 0.373. The molecule has 1 aliphatic rings. The van der Waals surface area contributed by atoms with E-state index in [0.717, 1.165) is 23.2 Å². The Morgan fingerprint density at radius 2 is 1.77 bits per heavy atom. The van der Waals surface area contributed by atoms with Gasteiger partial charge < -0.3 is 4.52 Å². The number of hydrogen-bond donors (Lipinski definition) is 0. The van der Waals surface area contributed by atoms with Gasteiger partial charge in [-0.15, -0.1) is 0 Å². The quantitative estimate of drug-likeness (QED) is 0.329. The summed E-state index contributed by atoms with van der Waals surface area (Å²) in [5.74, 6) is 1.79. The van der Waals surface area contributed by atoms with E-state index in [4.69, 9.17) is 44.4 Å². The molecule has 4 aromatic rings.